The van der Waals surface area contributed by atoms with Gasteiger partial charge >= 0.3 is 0 Å². The number of carbonyl (C=O) groups is 1. The molecule has 7 nitrogen and oxygen atoms in total. The Morgan fingerprint density at radius 1 is 1.24 bits per heavy atom. The molecule has 2 aromatic heterocycles. The number of hydrogen-bond donors (Lipinski definition) is 1. The number of nitrogens with zero attached hydrogens (tertiary/aromatic N) is 3. The van der Waals surface area contributed by atoms with Crippen LogP contribution in [0, 0.1) is 11.6 Å². The lowest BCUT2D eigenvalue weighted by Gasteiger charge is -2.27. The van der Waals surface area contributed by atoms with Gasteiger partial charge in [-0.05, 0) is 62.4 Å². The molecule has 1 amide bonds. The lowest BCUT2D eigenvalue weighted by Crippen LogP contribution is -2.39. The molecule has 0 spiro atoms. The number of aromatic nitrogens is 2. The number of anilines is 1. The number of sulfonamides is 1. The number of pyridine rings is 1. The van der Waals surface area contributed by atoms with Gasteiger partial charge in [-0.1, -0.05) is 6.92 Å². The molecular formula is C23H24F2N4O3S. The maximum absolute atomic E-state index is 14.5. The Balaban J connectivity index is 1.47. The van der Waals surface area contributed by atoms with Crippen LogP contribution in [-0.2, 0) is 10.0 Å². The van der Waals surface area contributed by atoms with Crippen LogP contribution in [0.5, 0.6) is 0 Å². The van der Waals surface area contributed by atoms with Gasteiger partial charge in [0, 0.05) is 24.0 Å². The molecule has 10 heteroatoms. The van der Waals surface area contributed by atoms with Crippen molar-refractivity contribution in [3.05, 3.63) is 65.5 Å². The van der Waals surface area contributed by atoms with E-state index in [1.54, 1.807) is 25.3 Å². The molecule has 1 saturated carbocycles. The molecule has 1 aromatic carbocycles. The van der Waals surface area contributed by atoms with Crippen molar-refractivity contribution in [2.45, 2.75) is 49.8 Å². The standard InChI is InChI=1S/C23H24F2N4O3S/c1-2-23(8-9-23)33(31,32)27-22(30)18-14-26-29-11-7-16(13-21(18)29)28-10-3-4-20(28)17-12-15(24)5-6-19(17)25/h5-7,11-14,20H,2-4,8-10H2,1H3,(H,27,30). The van der Waals surface area contributed by atoms with Gasteiger partial charge in [-0.15, -0.1) is 0 Å². The Morgan fingerprint density at radius 3 is 2.76 bits per heavy atom. The molecule has 0 bridgehead atoms. The van der Waals surface area contributed by atoms with Crippen LogP contribution in [0.4, 0.5) is 14.5 Å². The van der Waals surface area contributed by atoms with Crippen LogP contribution in [0.25, 0.3) is 5.52 Å². The summed E-state index contributed by atoms with van der Waals surface area (Å²) in [4.78, 5) is 14.8. The second kappa shape index (κ2) is 7.79. The number of rotatable bonds is 6. The maximum Gasteiger partial charge on any atom is 0.268 e. The van der Waals surface area contributed by atoms with Crippen LogP contribution in [0.1, 0.15) is 61.0 Å². The smallest absolute Gasteiger partial charge is 0.268 e. The Kier molecular flexibility index (Phi) is 5.15. The fourth-order valence-electron chi connectivity index (χ4n) is 4.73. The predicted molar refractivity (Wildman–Crippen MR) is 120 cm³/mol. The van der Waals surface area contributed by atoms with Gasteiger partial charge in [0.25, 0.3) is 5.91 Å². The van der Waals surface area contributed by atoms with Crippen molar-refractivity contribution < 1.29 is 22.0 Å². The molecule has 1 N–H and O–H groups in total. The van der Waals surface area contributed by atoms with Gasteiger partial charge in [0.05, 0.1) is 28.1 Å². The van der Waals surface area contributed by atoms with Crippen molar-refractivity contribution in [1.29, 1.82) is 0 Å². The summed E-state index contributed by atoms with van der Waals surface area (Å²) in [6.07, 6.45) is 5.99. The van der Waals surface area contributed by atoms with E-state index >= 15 is 0 Å². The largest absolute Gasteiger partial charge is 0.364 e. The van der Waals surface area contributed by atoms with Gasteiger partial charge in [-0.25, -0.2) is 26.4 Å². The van der Waals surface area contributed by atoms with Gasteiger partial charge in [0.2, 0.25) is 10.0 Å². The number of hydrogen-bond acceptors (Lipinski definition) is 5. The van der Waals surface area contributed by atoms with E-state index in [9.17, 15) is 22.0 Å². The second-order valence-corrected chi connectivity index (χ2v) is 10.8. The minimum Gasteiger partial charge on any atom is -0.364 e. The Labute approximate surface area is 190 Å². The summed E-state index contributed by atoms with van der Waals surface area (Å²) in [5.74, 6) is -1.69. The third-order valence-electron chi connectivity index (χ3n) is 6.90. The van der Waals surface area contributed by atoms with Crippen molar-refractivity contribution >= 4 is 27.1 Å². The number of benzene rings is 1. The fourth-order valence-corrected chi connectivity index (χ4v) is 6.32. The topological polar surface area (TPSA) is 83.8 Å². The van der Waals surface area contributed by atoms with Crippen LogP contribution in [0.2, 0.25) is 0 Å². The molecule has 3 heterocycles. The van der Waals surface area contributed by atoms with E-state index in [4.69, 9.17) is 0 Å². The summed E-state index contributed by atoms with van der Waals surface area (Å²) in [5.41, 5.74) is 1.59. The first-order valence-electron chi connectivity index (χ1n) is 11.0. The fraction of sp³-hybridized carbons (Fsp3) is 0.391. The van der Waals surface area contributed by atoms with E-state index in [0.717, 1.165) is 24.2 Å². The zero-order chi connectivity index (χ0) is 23.4. The molecule has 174 valence electrons. The summed E-state index contributed by atoms with van der Waals surface area (Å²) in [5, 5.41) is 4.17. The number of carbonyl (C=O) groups excluding carboxylic acids is 1. The van der Waals surface area contributed by atoms with Gasteiger partial charge in [-0.2, -0.15) is 5.10 Å². The third kappa shape index (κ3) is 3.66. The molecule has 33 heavy (non-hydrogen) atoms. The van der Waals surface area contributed by atoms with E-state index in [1.165, 1.54) is 16.8 Å². The van der Waals surface area contributed by atoms with E-state index in [0.29, 0.717) is 43.3 Å². The van der Waals surface area contributed by atoms with Crippen molar-refractivity contribution in [3.8, 4) is 0 Å². The monoisotopic (exact) mass is 474 g/mol. The molecule has 1 unspecified atom stereocenters. The van der Waals surface area contributed by atoms with Crippen LogP contribution in [0.15, 0.2) is 42.7 Å². The summed E-state index contributed by atoms with van der Waals surface area (Å²) in [6.45, 7) is 2.44. The molecule has 1 saturated heterocycles. The van der Waals surface area contributed by atoms with Crippen molar-refractivity contribution in [3.63, 3.8) is 0 Å². The minimum atomic E-state index is -3.80. The summed E-state index contributed by atoms with van der Waals surface area (Å²) >= 11 is 0. The Morgan fingerprint density at radius 2 is 2.03 bits per heavy atom. The average Bonchev–Trinajstić information content (AvgIpc) is 3.26. The molecule has 2 aliphatic rings. The number of amides is 1. The van der Waals surface area contributed by atoms with Crippen molar-refractivity contribution in [1.82, 2.24) is 14.3 Å². The molecule has 1 aliphatic carbocycles. The first kappa shape index (κ1) is 21.8. The van der Waals surface area contributed by atoms with E-state index in [2.05, 4.69) is 9.82 Å². The van der Waals surface area contributed by atoms with Gasteiger partial charge in [-0.3, -0.25) is 4.79 Å². The summed E-state index contributed by atoms with van der Waals surface area (Å²) in [6, 6.07) is 6.64. The van der Waals surface area contributed by atoms with E-state index < -0.39 is 32.3 Å². The Hall–Kier alpha value is -3.01. The molecule has 1 atom stereocenters. The lowest BCUT2D eigenvalue weighted by atomic mass is 10.0. The predicted octanol–water partition coefficient (Wildman–Crippen LogP) is 3.96. The number of halogens is 2. The van der Waals surface area contributed by atoms with Crippen molar-refractivity contribution in [2.75, 3.05) is 11.4 Å². The van der Waals surface area contributed by atoms with Crippen LogP contribution in [-0.4, -0.2) is 35.2 Å². The molecular weight excluding hydrogens is 450 g/mol. The quantitative estimate of drug-likeness (QED) is 0.585. The average molecular weight is 475 g/mol. The minimum absolute atomic E-state index is 0.139. The highest BCUT2D eigenvalue weighted by molar-refractivity contribution is 7.91. The first-order valence-corrected chi connectivity index (χ1v) is 12.5. The lowest BCUT2D eigenvalue weighted by molar-refractivity contribution is 0.0982. The summed E-state index contributed by atoms with van der Waals surface area (Å²) < 4.78 is 56.5. The molecule has 5 rings (SSSR count). The van der Waals surface area contributed by atoms with E-state index in [-0.39, 0.29) is 11.6 Å². The number of fused-ring (bicyclic) bond motifs is 1. The highest BCUT2D eigenvalue weighted by atomic mass is 32.2. The van der Waals surface area contributed by atoms with Gasteiger partial charge in [0.15, 0.2) is 0 Å². The van der Waals surface area contributed by atoms with E-state index in [1.807, 2.05) is 4.90 Å². The van der Waals surface area contributed by atoms with Crippen LogP contribution < -0.4 is 9.62 Å². The SMILES string of the molecule is CCC1(S(=O)(=O)NC(=O)c2cnn3ccc(N4CCCC4c4cc(F)ccc4F)cc23)CC1. The van der Waals surface area contributed by atoms with Crippen molar-refractivity contribution in [2.24, 2.45) is 0 Å². The normalized spacial score (nSPS) is 19.7. The van der Waals surface area contributed by atoms with Gasteiger partial charge < -0.3 is 4.90 Å². The molecule has 2 fully saturated rings. The second-order valence-electron chi connectivity index (χ2n) is 8.76. The first-order chi connectivity index (χ1) is 15.7. The Bertz CT molecular complexity index is 1350. The highest BCUT2D eigenvalue weighted by Crippen LogP contribution is 2.46. The maximum atomic E-state index is 14.5. The molecule has 0 radical (unpaired) electrons. The zero-order valence-electron chi connectivity index (χ0n) is 18.1. The van der Waals surface area contributed by atoms with Crippen LogP contribution in [0.3, 0.4) is 0 Å². The third-order valence-corrected chi connectivity index (χ3v) is 9.19. The summed E-state index contributed by atoms with van der Waals surface area (Å²) in [7, 11) is -3.80. The van der Waals surface area contributed by atoms with Gasteiger partial charge in [0.1, 0.15) is 11.6 Å². The zero-order valence-corrected chi connectivity index (χ0v) is 18.9. The molecule has 3 aromatic rings. The molecule has 1 aliphatic heterocycles. The highest BCUT2D eigenvalue weighted by Gasteiger charge is 2.53. The van der Waals surface area contributed by atoms with Crippen LogP contribution >= 0.6 is 0 Å². The number of nitrogens with one attached hydrogen (secondary N) is 1.